The zero-order valence-electron chi connectivity index (χ0n) is 16.7. The summed E-state index contributed by atoms with van der Waals surface area (Å²) in [4.78, 5) is 13.3. The van der Waals surface area contributed by atoms with Crippen LogP contribution in [0.3, 0.4) is 0 Å². The van der Waals surface area contributed by atoms with Gasteiger partial charge in [0.25, 0.3) is 0 Å². The molecule has 0 bridgehead atoms. The molecule has 0 aliphatic carbocycles. The van der Waals surface area contributed by atoms with Crippen LogP contribution < -0.4 is 10.6 Å². The van der Waals surface area contributed by atoms with Crippen molar-refractivity contribution < 1.29 is 9.50 Å². The monoisotopic (exact) mass is 409 g/mol. The molecule has 9 heteroatoms. The maximum atomic E-state index is 13.9. The molecule has 2 aromatic heterocycles. The lowest BCUT2D eigenvalue weighted by Crippen LogP contribution is -2.56. The van der Waals surface area contributed by atoms with Crippen LogP contribution >= 0.6 is 0 Å². The molecule has 3 N–H and O–H groups in total. The van der Waals surface area contributed by atoms with Crippen LogP contribution in [0.5, 0.6) is 0 Å². The Morgan fingerprint density at radius 3 is 2.93 bits per heavy atom. The molecule has 2 fully saturated rings. The van der Waals surface area contributed by atoms with Crippen LogP contribution in [-0.4, -0.2) is 56.3 Å². The number of likely N-dealkylation sites (tertiary alicyclic amines) is 1. The molecular formula is C21H24FN7O. The van der Waals surface area contributed by atoms with E-state index in [1.165, 1.54) is 6.07 Å². The molecule has 0 radical (unpaired) electrons. The number of halogens is 1. The van der Waals surface area contributed by atoms with Crippen molar-refractivity contribution in [2.24, 2.45) is 10.7 Å². The summed E-state index contributed by atoms with van der Waals surface area (Å²) in [5, 5.41) is 13.8. The molecule has 156 valence electrons. The lowest BCUT2D eigenvalue weighted by atomic mass is 9.89. The van der Waals surface area contributed by atoms with E-state index >= 15 is 0 Å². The molecule has 1 aromatic carbocycles. The van der Waals surface area contributed by atoms with Crippen LogP contribution in [0.25, 0.3) is 5.65 Å². The number of hydrogen-bond acceptors (Lipinski definition) is 5. The van der Waals surface area contributed by atoms with E-state index in [-0.39, 0.29) is 17.5 Å². The van der Waals surface area contributed by atoms with E-state index in [2.05, 4.69) is 21.9 Å². The summed E-state index contributed by atoms with van der Waals surface area (Å²) in [6, 6.07) is 8.71. The van der Waals surface area contributed by atoms with Gasteiger partial charge in [-0.2, -0.15) is 5.10 Å². The van der Waals surface area contributed by atoms with Crippen molar-refractivity contribution in [2.75, 3.05) is 24.5 Å². The maximum Gasteiger partial charge on any atom is 0.196 e. The molecule has 4 heterocycles. The van der Waals surface area contributed by atoms with Crippen molar-refractivity contribution in [3.05, 3.63) is 54.1 Å². The van der Waals surface area contributed by atoms with Gasteiger partial charge in [0, 0.05) is 25.8 Å². The standard InChI is InChI=1S/C21H24FN7O/c1-21(14-4-2-5-15(22)10-14)7-3-8-28(21)18-6-9-29-19(26-18)17(11-24-29)25-20(23)27-12-16(30)13-27/h2,4-6,9-11,16,30H,3,7-8,12-13H2,1H3,(H2,23,25). The van der Waals surface area contributed by atoms with Gasteiger partial charge in [0.1, 0.15) is 17.3 Å². The van der Waals surface area contributed by atoms with Gasteiger partial charge in [-0.1, -0.05) is 12.1 Å². The molecule has 2 aliphatic rings. The first kappa shape index (κ1) is 18.8. The number of rotatable bonds is 3. The van der Waals surface area contributed by atoms with Crippen LogP contribution in [0, 0.1) is 5.82 Å². The van der Waals surface area contributed by atoms with Crippen LogP contribution in [-0.2, 0) is 5.54 Å². The molecule has 30 heavy (non-hydrogen) atoms. The number of benzene rings is 1. The van der Waals surface area contributed by atoms with E-state index in [4.69, 9.17) is 10.7 Å². The third-order valence-corrected chi connectivity index (χ3v) is 6.12. The first-order valence-electron chi connectivity index (χ1n) is 10.1. The van der Waals surface area contributed by atoms with Crippen molar-refractivity contribution in [3.63, 3.8) is 0 Å². The Hall–Kier alpha value is -3.20. The number of guanidine groups is 1. The second kappa shape index (κ2) is 6.94. The zero-order valence-corrected chi connectivity index (χ0v) is 16.7. The van der Waals surface area contributed by atoms with Crippen molar-refractivity contribution in [1.29, 1.82) is 0 Å². The number of aromatic nitrogens is 3. The predicted octanol–water partition coefficient (Wildman–Crippen LogP) is 2.01. The second-order valence-corrected chi connectivity index (χ2v) is 8.15. The van der Waals surface area contributed by atoms with E-state index < -0.39 is 0 Å². The number of nitrogens with two attached hydrogens (primary N) is 1. The van der Waals surface area contributed by atoms with E-state index in [1.54, 1.807) is 27.7 Å². The molecule has 3 aromatic rings. The molecule has 5 rings (SSSR count). The number of fused-ring (bicyclic) bond motifs is 1. The highest BCUT2D eigenvalue weighted by atomic mass is 19.1. The second-order valence-electron chi connectivity index (χ2n) is 8.15. The smallest absolute Gasteiger partial charge is 0.196 e. The molecule has 8 nitrogen and oxygen atoms in total. The van der Waals surface area contributed by atoms with Crippen LogP contribution in [0.4, 0.5) is 15.9 Å². The van der Waals surface area contributed by atoms with Gasteiger partial charge in [-0.15, -0.1) is 0 Å². The number of aliphatic hydroxyl groups is 1. The Balaban J connectivity index is 1.51. The zero-order chi connectivity index (χ0) is 20.9. The summed E-state index contributed by atoms with van der Waals surface area (Å²) in [5.74, 6) is 0.901. The summed E-state index contributed by atoms with van der Waals surface area (Å²) >= 11 is 0. The molecule has 1 unspecified atom stereocenters. The molecule has 1 atom stereocenters. The summed E-state index contributed by atoms with van der Waals surface area (Å²) < 4.78 is 15.6. The average Bonchev–Trinajstić information content (AvgIpc) is 3.29. The van der Waals surface area contributed by atoms with Crippen molar-refractivity contribution >= 4 is 23.1 Å². The fourth-order valence-corrected chi connectivity index (χ4v) is 4.37. The Kier molecular flexibility index (Phi) is 4.35. The number of anilines is 1. The fourth-order valence-electron chi connectivity index (χ4n) is 4.37. The van der Waals surface area contributed by atoms with Gasteiger partial charge in [-0.25, -0.2) is 18.9 Å². The minimum absolute atomic E-state index is 0.233. The van der Waals surface area contributed by atoms with Gasteiger partial charge in [0.2, 0.25) is 0 Å². The van der Waals surface area contributed by atoms with Gasteiger partial charge in [0.15, 0.2) is 11.6 Å². The van der Waals surface area contributed by atoms with E-state index in [1.807, 2.05) is 18.3 Å². The Labute approximate surface area is 173 Å². The highest BCUT2D eigenvalue weighted by molar-refractivity contribution is 5.84. The van der Waals surface area contributed by atoms with Crippen LogP contribution in [0.2, 0.25) is 0 Å². The third kappa shape index (κ3) is 3.06. The molecule has 2 saturated heterocycles. The highest BCUT2D eigenvalue weighted by Gasteiger charge is 2.39. The Morgan fingerprint density at radius 2 is 2.17 bits per heavy atom. The summed E-state index contributed by atoms with van der Waals surface area (Å²) in [5.41, 5.74) is 7.84. The first-order chi connectivity index (χ1) is 14.4. The highest BCUT2D eigenvalue weighted by Crippen LogP contribution is 2.41. The Bertz CT molecular complexity index is 1120. The van der Waals surface area contributed by atoms with Crippen molar-refractivity contribution in [3.8, 4) is 0 Å². The lowest BCUT2D eigenvalue weighted by molar-refractivity contribution is 0.0459. The topological polar surface area (TPSA) is 95.3 Å². The minimum Gasteiger partial charge on any atom is -0.389 e. The first-order valence-corrected chi connectivity index (χ1v) is 10.1. The number of aliphatic hydroxyl groups excluding tert-OH is 1. The van der Waals surface area contributed by atoms with Crippen LogP contribution in [0.1, 0.15) is 25.3 Å². The van der Waals surface area contributed by atoms with Crippen LogP contribution in [0.15, 0.2) is 47.7 Å². The largest absolute Gasteiger partial charge is 0.389 e. The Morgan fingerprint density at radius 1 is 1.33 bits per heavy atom. The summed E-state index contributed by atoms with van der Waals surface area (Å²) in [7, 11) is 0. The van der Waals surface area contributed by atoms with Gasteiger partial charge in [0.05, 0.1) is 17.8 Å². The molecule has 2 aliphatic heterocycles. The lowest BCUT2D eigenvalue weighted by Gasteiger charge is -2.37. The minimum atomic E-state index is -0.358. The maximum absolute atomic E-state index is 13.9. The van der Waals surface area contributed by atoms with E-state index in [0.29, 0.717) is 30.4 Å². The number of aliphatic imine (C=N–C) groups is 1. The normalized spacial score (nSPS) is 22.7. The number of hydrogen-bond donors (Lipinski definition) is 2. The van der Waals surface area contributed by atoms with Gasteiger partial charge in [-0.05, 0) is 43.5 Å². The SMILES string of the molecule is CC1(c2cccc(F)c2)CCCN1c1ccn2ncc(N=C(N)N3CC(O)C3)c2n1. The summed E-state index contributed by atoms with van der Waals surface area (Å²) in [6.07, 6.45) is 5.03. The fraction of sp³-hybridized carbons (Fsp3) is 0.381. The van der Waals surface area contributed by atoms with Crippen molar-refractivity contribution in [1.82, 2.24) is 19.5 Å². The quantitative estimate of drug-likeness (QED) is 0.508. The third-order valence-electron chi connectivity index (χ3n) is 6.12. The van der Waals surface area contributed by atoms with Gasteiger partial charge >= 0.3 is 0 Å². The average molecular weight is 409 g/mol. The molecular weight excluding hydrogens is 385 g/mol. The van der Waals surface area contributed by atoms with Crippen molar-refractivity contribution in [2.45, 2.75) is 31.4 Å². The molecule has 0 amide bonds. The predicted molar refractivity (Wildman–Crippen MR) is 112 cm³/mol. The molecule has 0 spiro atoms. The number of β-amino-alcohol motifs (C(OH)–C–C–N with tert-alkyl or cyclic N) is 1. The molecule has 0 saturated carbocycles. The number of nitrogens with zero attached hydrogens (tertiary/aromatic N) is 6. The van der Waals surface area contributed by atoms with E-state index in [0.717, 1.165) is 30.8 Å². The summed E-state index contributed by atoms with van der Waals surface area (Å²) in [6.45, 7) is 3.92. The van der Waals surface area contributed by atoms with Gasteiger partial charge < -0.3 is 20.6 Å². The van der Waals surface area contributed by atoms with Gasteiger partial charge in [-0.3, -0.25) is 0 Å². The van der Waals surface area contributed by atoms with E-state index in [9.17, 15) is 9.50 Å².